The Hall–Kier alpha value is -3.11. The summed E-state index contributed by atoms with van der Waals surface area (Å²) in [5.41, 5.74) is 3.75. The molecule has 4 aromatic carbocycles. The summed E-state index contributed by atoms with van der Waals surface area (Å²) in [6.45, 7) is 9.38. The fraction of sp³-hybridized carbons (Fsp3) is 0.367. The summed E-state index contributed by atoms with van der Waals surface area (Å²) < 4.78 is 112. The van der Waals surface area contributed by atoms with Crippen molar-refractivity contribution in [2.45, 2.75) is 85.1 Å². The molecule has 0 radical (unpaired) electrons. The zero-order valence-corrected chi connectivity index (χ0v) is 56.0. The van der Waals surface area contributed by atoms with Crippen molar-refractivity contribution in [1.29, 1.82) is 0 Å². The van der Waals surface area contributed by atoms with Crippen LogP contribution in [0.15, 0.2) is 82.4 Å². The molecule has 0 spiro atoms. The maximum Gasteiger partial charge on any atom is 1.00 e. The molecule has 0 atom stereocenters. The van der Waals surface area contributed by atoms with Crippen molar-refractivity contribution in [2.75, 3.05) is 31.8 Å². The van der Waals surface area contributed by atoms with Crippen LogP contribution in [0.1, 0.15) is 98.0 Å². The van der Waals surface area contributed by atoms with E-state index in [1.165, 1.54) is 12.1 Å². The largest absolute Gasteiger partial charge is 1.00 e. The summed E-state index contributed by atoms with van der Waals surface area (Å²) in [5.74, 6) is 0.370. The predicted molar refractivity (Wildman–Crippen MR) is 256 cm³/mol. The molecule has 0 unspecified atom stereocenters. The Balaban J connectivity index is 0.000000402. The number of esters is 2. The summed E-state index contributed by atoms with van der Waals surface area (Å²) in [5, 5.41) is 15.6. The van der Waals surface area contributed by atoms with E-state index < -0.39 is 23.7 Å². The van der Waals surface area contributed by atoms with Gasteiger partial charge in [-0.1, -0.05) is 52.9 Å². The van der Waals surface area contributed by atoms with Crippen molar-refractivity contribution in [1.82, 2.24) is 29.8 Å². The molecule has 17 nitrogen and oxygen atoms in total. The Morgan fingerprint density at radius 3 is 1.72 bits per heavy atom. The first-order valence-corrected chi connectivity index (χ1v) is 23.9. The minimum absolute atomic E-state index is 0. The van der Waals surface area contributed by atoms with Gasteiger partial charge in [0.05, 0.1) is 83.0 Å². The monoisotopic (exact) mass is 1360 g/mol. The van der Waals surface area contributed by atoms with E-state index in [0.717, 1.165) is 34.7 Å². The van der Waals surface area contributed by atoms with Gasteiger partial charge in [-0.05, 0) is 100 Å². The zero-order valence-electron chi connectivity index (χ0n) is 42.9. The number of hydrogen-bond donors (Lipinski definition) is 1. The standard InChI is InChI=1S/C24H24F3N3O4.C14H15BrF3NO2.C10H10N2O2.CH2O3.2Cs.H/c1-3-6-16-20(10-8-17-21(16)34-29-22(17)24(25,26)27)33-12-5-11-30-14-28-18-13-15(7-9-19(18)30)23(31)32-4-2;1-2-4-9-11(20-8-3-7-15)6-5-10-12(9)21-19-13(10)14(16,17)18;1-2-14-10(13)7-3-4-8-9(5-7)12-6-11-8;2-1-4-3;;;/h7-10,13-14H,3-6,11-12H2,1-2H3;5-6H,2-4,7-8H2,1H3;3-6H,2H2,1H3,(H,11,12);1,3H;;;/q;;;;2*+1;-1/p-1. The average Bonchev–Trinajstić information content (AvgIpc) is 4.20. The molecule has 0 fully saturated rings. The number of hydrogen-bond acceptors (Lipinski definition) is 15. The fourth-order valence-corrected chi connectivity index (χ4v) is 7.48. The molecule has 8 rings (SSSR count). The Morgan fingerprint density at radius 2 is 1.24 bits per heavy atom. The van der Waals surface area contributed by atoms with E-state index in [9.17, 15) is 35.9 Å². The molecule has 0 saturated heterocycles. The third-order valence-corrected chi connectivity index (χ3v) is 10.9. The molecule has 0 aliphatic heterocycles. The van der Waals surface area contributed by atoms with Crippen LogP contribution in [0.2, 0.25) is 0 Å². The van der Waals surface area contributed by atoms with Crippen LogP contribution >= 0.6 is 15.9 Å². The second kappa shape index (κ2) is 32.7. The summed E-state index contributed by atoms with van der Waals surface area (Å²) in [6, 6.07) is 16.3. The molecule has 1 N–H and O–H groups in total. The van der Waals surface area contributed by atoms with E-state index in [1.54, 1.807) is 69.0 Å². The number of halogens is 7. The second-order valence-corrected chi connectivity index (χ2v) is 16.2. The number of carbonyl (C=O) groups is 3. The molecule has 394 valence electrons. The van der Waals surface area contributed by atoms with Crippen molar-refractivity contribution in [3.05, 3.63) is 107 Å². The number of fused-ring (bicyclic) bond motifs is 4. The van der Waals surface area contributed by atoms with Crippen molar-refractivity contribution in [2.24, 2.45) is 0 Å². The topological polar surface area (TPSA) is 219 Å². The fourth-order valence-electron chi connectivity index (χ4n) is 7.25. The smallest absolute Gasteiger partial charge is 1.00 e. The zero-order chi connectivity index (χ0) is 53.1. The molecular weight excluding hydrogens is 1310 g/mol. The number of aromatic amines is 1. The molecule has 26 heteroatoms. The van der Waals surface area contributed by atoms with Gasteiger partial charge in [-0.2, -0.15) is 26.3 Å². The number of benzene rings is 4. The van der Waals surface area contributed by atoms with Gasteiger partial charge in [-0.3, -0.25) is 4.79 Å². The van der Waals surface area contributed by atoms with Crippen LogP contribution in [0.4, 0.5) is 26.3 Å². The summed E-state index contributed by atoms with van der Waals surface area (Å²) in [6.07, 6.45) is -1.79. The Bertz CT molecular complexity index is 3080. The van der Waals surface area contributed by atoms with E-state index in [0.29, 0.717) is 97.9 Å². The second-order valence-electron chi connectivity index (χ2n) is 15.4. The first-order chi connectivity index (χ1) is 35.0. The van der Waals surface area contributed by atoms with Crippen LogP contribution in [-0.4, -0.2) is 80.0 Å². The van der Waals surface area contributed by atoms with E-state index >= 15 is 0 Å². The summed E-state index contributed by atoms with van der Waals surface area (Å²) in [4.78, 5) is 45.9. The molecule has 0 aliphatic rings. The molecular formula is C49H51BrCs2F6N6O11. The summed E-state index contributed by atoms with van der Waals surface area (Å²) in [7, 11) is 0. The van der Waals surface area contributed by atoms with Crippen molar-refractivity contribution < 1.29 is 218 Å². The number of nitrogens with one attached hydrogen (secondary N) is 1. The van der Waals surface area contributed by atoms with Gasteiger partial charge in [0.15, 0.2) is 22.6 Å². The molecule has 4 aromatic heterocycles. The molecule has 75 heavy (non-hydrogen) atoms. The van der Waals surface area contributed by atoms with Crippen LogP contribution in [0.3, 0.4) is 0 Å². The van der Waals surface area contributed by atoms with Gasteiger partial charge in [0.25, 0.3) is 6.47 Å². The molecule has 0 aliphatic carbocycles. The van der Waals surface area contributed by atoms with E-state index in [2.05, 4.69) is 46.1 Å². The van der Waals surface area contributed by atoms with Crippen molar-refractivity contribution in [3.63, 3.8) is 0 Å². The van der Waals surface area contributed by atoms with E-state index in [-0.39, 0.29) is 180 Å². The number of carbonyl (C=O) groups excluding carboxylic acids is 3. The number of aromatic nitrogens is 6. The first-order valence-electron chi connectivity index (χ1n) is 22.8. The normalized spacial score (nSPS) is 11.0. The minimum Gasteiger partial charge on any atom is -1.00 e. The quantitative estimate of drug-likeness (QED) is 0.0226. The maximum absolute atomic E-state index is 13.2. The van der Waals surface area contributed by atoms with E-state index in [4.69, 9.17) is 38.0 Å². The number of alkyl halides is 7. The van der Waals surface area contributed by atoms with Crippen LogP contribution in [0.25, 0.3) is 44.0 Å². The number of H-pyrrole nitrogens is 1. The van der Waals surface area contributed by atoms with Gasteiger partial charge in [-0.25, -0.2) is 19.6 Å². The molecule has 0 saturated carbocycles. The predicted octanol–water partition coefficient (Wildman–Crippen LogP) is 5.05. The SMILES string of the molecule is CCCc1c(OCCCBr)ccc2c(C(F)(F)F)noc12.CCCc1c(OCCCn2cnc3cc(C(=O)OCC)ccc32)ccc2c(C(F)(F)F)noc12.CCOC(=O)c1ccc2nc[nH]c2c1.O=CO[O-].[Cs+].[Cs+].[H-]. The van der Waals surface area contributed by atoms with Crippen LogP contribution in [0.5, 0.6) is 11.5 Å². The van der Waals surface area contributed by atoms with Gasteiger partial charge in [0.1, 0.15) is 11.5 Å². The van der Waals surface area contributed by atoms with Gasteiger partial charge in [0, 0.05) is 23.0 Å². The van der Waals surface area contributed by atoms with Crippen molar-refractivity contribution in [3.8, 4) is 11.5 Å². The number of ether oxygens (including phenoxy) is 4. The van der Waals surface area contributed by atoms with Gasteiger partial charge < -0.3 is 49.1 Å². The first kappa shape index (κ1) is 66.2. The minimum atomic E-state index is -4.58. The van der Waals surface area contributed by atoms with Gasteiger partial charge >= 0.3 is 162 Å². The Morgan fingerprint density at radius 1 is 0.733 bits per heavy atom. The maximum atomic E-state index is 13.2. The third-order valence-electron chi connectivity index (χ3n) is 10.4. The van der Waals surface area contributed by atoms with Crippen molar-refractivity contribution >= 4 is 78.3 Å². The number of aryl methyl sites for hydroxylation is 3. The number of imidazole rings is 2. The Kier molecular flexibility index (Phi) is 28.9. The van der Waals surface area contributed by atoms with E-state index in [1.807, 2.05) is 24.5 Å². The molecule has 0 bridgehead atoms. The molecule has 8 aromatic rings. The van der Waals surface area contributed by atoms with Gasteiger partial charge in [0.2, 0.25) is 0 Å². The third kappa shape index (κ3) is 18.5. The number of rotatable bonds is 18. The van der Waals surface area contributed by atoms with Crippen LogP contribution in [0, 0.1) is 0 Å². The number of nitrogens with zero attached hydrogens (tertiary/aromatic N) is 5. The molecule has 4 heterocycles. The average molecular weight is 1360 g/mol. The Labute approximate surface area is 553 Å². The van der Waals surface area contributed by atoms with Gasteiger partial charge in [-0.15, -0.1) is 0 Å². The van der Waals surface area contributed by atoms with Crippen LogP contribution < -0.4 is 153 Å². The molecule has 0 amide bonds. The van der Waals surface area contributed by atoms with Crippen LogP contribution in [-0.2, 0) is 50.9 Å². The summed E-state index contributed by atoms with van der Waals surface area (Å²) >= 11 is 3.30.